The van der Waals surface area contributed by atoms with Crippen molar-refractivity contribution < 1.29 is 22.8 Å². The second kappa shape index (κ2) is 11.2. The summed E-state index contributed by atoms with van der Waals surface area (Å²) in [6, 6.07) is 15.4. The molecule has 1 amide bonds. The van der Waals surface area contributed by atoms with Crippen molar-refractivity contribution in [3.05, 3.63) is 83.3 Å². The van der Waals surface area contributed by atoms with Gasteiger partial charge in [0.25, 0.3) is 5.95 Å². The maximum absolute atomic E-state index is 15.0. The third-order valence-electron chi connectivity index (χ3n) is 6.04. The maximum Gasteiger partial charge on any atom is 0.253 e. The third kappa shape index (κ3) is 5.47. The number of carbonyl (C=O) groups is 2. The summed E-state index contributed by atoms with van der Waals surface area (Å²) in [6.45, 7) is 3.38. The molecule has 7 nitrogen and oxygen atoms in total. The lowest BCUT2D eigenvalue weighted by Crippen LogP contribution is -2.30. The predicted octanol–water partition coefficient (Wildman–Crippen LogP) is 4.57. The minimum Gasteiger partial charge on any atom is -0.367 e. The highest BCUT2D eigenvalue weighted by atomic mass is 19.2. The maximum atomic E-state index is 15.0. The number of aliphatic imine (C=N–C) groups is 1. The van der Waals surface area contributed by atoms with Gasteiger partial charge >= 0.3 is 0 Å². The third-order valence-corrected chi connectivity index (χ3v) is 6.04. The van der Waals surface area contributed by atoms with Gasteiger partial charge in [0.1, 0.15) is 11.7 Å². The molecule has 37 heavy (non-hydrogen) atoms. The summed E-state index contributed by atoms with van der Waals surface area (Å²) in [5.41, 5.74) is 2.06. The van der Waals surface area contributed by atoms with Crippen LogP contribution in [0.3, 0.4) is 0 Å². The molecular formula is C27H26F3N5O2. The molecule has 1 aliphatic heterocycles. The number of hydrogen-bond acceptors (Lipinski definition) is 6. The van der Waals surface area contributed by atoms with Crippen LogP contribution in [0.2, 0.25) is 0 Å². The molecule has 1 atom stereocenters. The van der Waals surface area contributed by atoms with E-state index in [1.165, 1.54) is 4.90 Å². The van der Waals surface area contributed by atoms with Crippen LogP contribution < -0.4 is 15.5 Å². The van der Waals surface area contributed by atoms with E-state index in [1.54, 1.807) is 26.0 Å². The molecule has 1 aromatic heterocycles. The Morgan fingerprint density at radius 1 is 1.00 bits per heavy atom. The first-order chi connectivity index (χ1) is 17.8. The summed E-state index contributed by atoms with van der Waals surface area (Å²) in [7, 11) is 0. The van der Waals surface area contributed by atoms with E-state index in [4.69, 9.17) is 0 Å². The van der Waals surface area contributed by atoms with Crippen molar-refractivity contribution in [1.29, 1.82) is 0 Å². The van der Waals surface area contributed by atoms with Crippen molar-refractivity contribution in [2.24, 2.45) is 4.99 Å². The van der Waals surface area contributed by atoms with E-state index in [2.05, 4.69) is 20.6 Å². The van der Waals surface area contributed by atoms with Gasteiger partial charge in [0, 0.05) is 30.6 Å². The summed E-state index contributed by atoms with van der Waals surface area (Å²) >= 11 is 0. The number of Topliss-reactive ketones (excluding diaryl/α,β-unsaturated/α-hetero) is 1. The summed E-state index contributed by atoms with van der Waals surface area (Å²) in [6.07, 6.45) is -0.294. The molecule has 192 valence electrons. The highest BCUT2D eigenvalue weighted by Crippen LogP contribution is 2.29. The molecule has 0 saturated carbocycles. The lowest BCUT2D eigenvalue weighted by Gasteiger charge is -2.23. The van der Waals surface area contributed by atoms with E-state index < -0.39 is 53.4 Å². The Balaban J connectivity index is 1.56. The number of benzene rings is 2. The van der Waals surface area contributed by atoms with E-state index in [-0.39, 0.29) is 19.5 Å². The fourth-order valence-electron chi connectivity index (χ4n) is 4.17. The molecule has 1 aliphatic rings. The number of carbonyl (C=O) groups excluding carboxylic acids is 2. The quantitative estimate of drug-likeness (QED) is 0.413. The number of nitrogens with one attached hydrogen (secondary N) is 2. The van der Waals surface area contributed by atoms with E-state index in [9.17, 15) is 22.8 Å². The molecule has 0 saturated heterocycles. The minimum absolute atomic E-state index is 0.243. The SMILES string of the molecule is CCN(CC)c1c(F)c(F)nc(NCC(=O)CC2N=C(c3ccccc3)c3ccccc3NC2=O)c1F. The molecule has 2 aromatic carbocycles. The van der Waals surface area contributed by atoms with Crippen molar-refractivity contribution in [3.8, 4) is 0 Å². The van der Waals surface area contributed by atoms with Crippen LogP contribution in [0, 0.1) is 17.6 Å². The summed E-state index contributed by atoms with van der Waals surface area (Å²) in [5, 5.41) is 5.27. The number of fused-ring (bicyclic) bond motifs is 1. The van der Waals surface area contributed by atoms with Gasteiger partial charge in [-0.15, -0.1) is 0 Å². The number of halogens is 3. The molecule has 1 unspecified atom stereocenters. The number of benzodiazepines with no additional fused rings is 1. The zero-order chi connectivity index (χ0) is 26.5. The van der Waals surface area contributed by atoms with Crippen LogP contribution >= 0.6 is 0 Å². The zero-order valence-electron chi connectivity index (χ0n) is 20.4. The minimum atomic E-state index is -1.48. The smallest absolute Gasteiger partial charge is 0.253 e. The van der Waals surface area contributed by atoms with E-state index in [1.807, 2.05) is 42.5 Å². The van der Waals surface area contributed by atoms with Gasteiger partial charge in [-0.3, -0.25) is 14.6 Å². The molecule has 0 radical (unpaired) electrons. The van der Waals surface area contributed by atoms with Crippen molar-refractivity contribution >= 4 is 34.6 Å². The molecular weight excluding hydrogens is 483 g/mol. The van der Waals surface area contributed by atoms with Crippen molar-refractivity contribution in [2.75, 3.05) is 35.2 Å². The lowest BCUT2D eigenvalue weighted by atomic mass is 10.0. The summed E-state index contributed by atoms with van der Waals surface area (Å²) in [4.78, 5) is 35.0. The summed E-state index contributed by atoms with van der Waals surface area (Å²) < 4.78 is 43.4. The Morgan fingerprint density at radius 3 is 2.38 bits per heavy atom. The fraction of sp³-hybridized carbons (Fsp3) is 0.259. The number of aromatic nitrogens is 1. The Hall–Kier alpha value is -4.21. The molecule has 0 fully saturated rings. The van der Waals surface area contributed by atoms with E-state index in [0.29, 0.717) is 17.0 Å². The standard InChI is InChI=1S/C27H26F3N5O2/c1-3-35(4-2)24-21(28)25(30)34-26(22(24)29)31-15-17(36)14-20-27(37)33-19-13-9-8-12-18(19)23(32-20)16-10-6-5-7-11-16/h5-13,20H,3-4,14-15H2,1-2H3,(H,31,34)(H,33,37). The van der Waals surface area contributed by atoms with Crippen LogP contribution in [0.4, 0.5) is 30.4 Å². The Bertz CT molecular complexity index is 1340. The van der Waals surface area contributed by atoms with Crippen LogP contribution in [0.25, 0.3) is 0 Å². The Labute approximate surface area is 212 Å². The van der Waals surface area contributed by atoms with Crippen molar-refractivity contribution in [2.45, 2.75) is 26.3 Å². The van der Waals surface area contributed by atoms with Crippen LogP contribution in [0.1, 0.15) is 31.4 Å². The highest BCUT2D eigenvalue weighted by Gasteiger charge is 2.28. The number of hydrogen-bond donors (Lipinski definition) is 2. The van der Waals surface area contributed by atoms with Gasteiger partial charge in [0.2, 0.25) is 11.7 Å². The van der Waals surface area contributed by atoms with Gasteiger partial charge in [-0.1, -0.05) is 48.5 Å². The Morgan fingerprint density at radius 2 is 1.68 bits per heavy atom. The first-order valence-electron chi connectivity index (χ1n) is 11.9. The fourth-order valence-corrected chi connectivity index (χ4v) is 4.17. The second-order valence-corrected chi connectivity index (χ2v) is 8.39. The average molecular weight is 510 g/mol. The Kier molecular flexibility index (Phi) is 7.86. The van der Waals surface area contributed by atoms with Crippen molar-refractivity contribution in [3.63, 3.8) is 0 Å². The van der Waals surface area contributed by atoms with Gasteiger partial charge in [-0.2, -0.15) is 13.8 Å². The van der Waals surface area contributed by atoms with Crippen LogP contribution in [0.15, 0.2) is 59.6 Å². The lowest BCUT2D eigenvalue weighted by molar-refractivity contribution is -0.122. The molecule has 0 bridgehead atoms. The van der Waals surface area contributed by atoms with Crippen LogP contribution in [-0.2, 0) is 9.59 Å². The number of anilines is 3. The molecule has 2 heterocycles. The molecule has 4 rings (SSSR count). The van der Waals surface area contributed by atoms with Gasteiger partial charge in [-0.25, -0.2) is 4.39 Å². The van der Waals surface area contributed by atoms with Gasteiger partial charge < -0.3 is 15.5 Å². The predicted molar refractivity (Wildman–Crippen MR) is 137 cm³/mol. The number of para-hydroxylation sites is 1. The van der Waals surface area contributed by atoms with Gasteiger partial charge in [0.15, 0.2) is 17.4 Å². The zero-order valence-corrected chi connectivity index (χ0v) is 20.4. The second-order valence-electron chi connectivity index (χ2n) is 8.39. The molecule has 3 aromatic rings. The monoisotopic (exact) mass is 509 g/mol. The normalized spacial score (nSPS) is 14.8. The average Bonchev–Trinajstić information content (AvgIpc) is 3.04. The molecule has 0 spiro atoms. The van der Waals surface area contributed by atoms with Gasteiger partial charge in [-0.05, 0) is 19.9 Å². The number of pyridine rings is 1. The van der Waals surface area contributed by atoms with Crippen LogP contribution in [-0.4, -0.2) is 48.1 Å². The molecule has 0 aliphatic carbocycles. The van der Waals surface area contributed by atoms with E-state index in [0.717, 1.165) is 5.56 Å². The van der Waals surface area contributed by atoms with Crippen molar-refractivity contribution in [1.82, 2.24) is 4.98 Å². The number of ketones is 1. The summed E-state index contributed by atoms with van der Waals surface area (Å²) in [5.74, 6) is -5.50. The largest absolute Gasteiger partial charge is 0.367 e. The number of nitrogens with zero attached hydrogens (tertiary/aromatic N) is 3. The molecule has 2 N–H and O–H groups in total. The molecule has 10 heteroatoms. The first kappa shape index (κ1) is 25.9. The topological polar surface area (TPSA) is 86.7 Å². The van der Waals surface area contributed by atoms with Gasteiger partial charge in [0.05, 0.1) is 17.9 Å². The number of rotatable bonds is 9. The first-order valence-corrected chi connectivity index (χ1v) is 11.9. The number of amides is 1. The van der Waals surface area contributed by atoms with Crippen LogP contribution in [0.5, 0.6) is 0 Å². The van der Waals surface area contributed by atoms with E-state index >= 15 is 0 Å². The highest BCUT2D eigenvalue weighted by molar-refractivity contribution is 6.20.